The van der Waals surface area contributed by atoms with E-state index in [0.29, 0.717) is 11.1 Å². The molecule has 0 saturated carbocycles. The summed E-state index contributed by atoms with van der Waals surface area (Å²) in [6, 6.07) is 5.71. The summed E-state index contributed by atoms with van der Waals surface area (Å²) in [5.41, 5.74) is 0.765. The van der Waals surface area contributed by atoms with Gasteiger partial charge in [-0.05, 0) is 24.3 Å². The molecule has 0 spiro atoms. The average Bonchev–Trinajstić information content (AvgIpc) is 2.90. The Bertz CT molecular complexity index is 899. The lowest BCUT2D eigenvalue weighted by Gasteiger charge is -2.06. The number of hydrogen-bond donors (Lipinski definition) is 0. The molecule has 0 bridgehead atoms. The van der Waals surface area contributed by atoms with Crippen molar-refractivity contribution >= 4 is 28.6 Å². The summed E-state index contributed by atoms with van der Waals surface area (Å²) in [6.45, 7) is -2.91. The van der Waals surface area contributed by atoms with E-state index in [1.807, 2.05) is 0 Å². The Labute approximate surface area is 138 Å². The van der Waals surface area contributed by atoms with Crippen LogP contribution in [-0.2, 0) is 4.74 Å². The van der Waals surface area contributed by atoms with Crippen molar-refractivity contribution in [2.24, 2.45) is 0 Å². The molecule has 0 fully saturated rings. The highest BCUT2D eigenvalue weighted by Gasteiger charge is 2.17. The third-order valence-corrected chi connectivity index (χ3v) is 3.33. The Kier molecular flexibility index (Phi) is 4.26. The zero-order valence-corrected chi connectivity index (χ0v) is 12.9. The Morgan fingerprint density at radius 3 is 2.62 bits per heavy atom. The van der Waals surface area contributed by atoms with E-state index in [2.05, 4.69) is 24.5 Å². The maximum Gasteiger partial charge on any atom is 0.387 e. The fourth-order valence-electron chi connectivity index (χ4n) is 2.01. The molecule has 7 nitrogen and oxygen atoms in total. The molecule has 2 heterocycles. The van der Waals surface area contributed by atoms with Crippen LogP contribution in [0.15, 0.2) is 30.5 Å². The van der Waals surface area contributed by atoms with Crippen LogP contribution in [0.25, 0.3) is 16.7 Å². The molecular formula is C14H9ClF2N4O3. The van der Waals surface area contributed by atoms with Crippen LogP contribution in [0.3, 0.4) is 0 Å². The number of nitrogens with zero attached hydrogens (tertiary/aromatic N) is 4. The fraction of sp³-hybridized carbons (Fsp3) is 0.143. The normalized spacial score (nSPS) is 11.0. The first kappa shape index (κ1) is 16.1. The van der Waals surface area contributed by atoms with Gasteiger partial charge in [-0.1, -0.05) is 11.6 Å². The van der Waals surface area contributed by atoms with Crippen molar-refractivity contribution in [1.29, 1.82) is 0 Å². The van der Waals surface area contributed by atoms with Gasteiger partial charge in [-0.15, -0.1) is 0 Å². The number of aromatic nitrogens is 4. The molecule has 0 atom stereocenters. The second-order valence-electron chi connectivity index (χ2n) is 4.50. The topological polar surface area (TPSA) is 79.1 Å². The van der Waals surface area contributed by atoms with Gasteiger partial charge in [0.25, 0.3) is 0 Å². The number of methoxy groups -OCH3 is 1. The van der Waals surface area contributed by atoms with Crippen LogP contribution in [0.4, 0.5) is 8.78 Å². The minimum atomic E-state index is -2.91. The number of hydrogen-bond acceptors (Lipinski definition) is 6. The third kappa shape index (κ3) is 2.98. The zero-order valence-electron chi connectivity index (χ0n) is 12.1. The summed E-state index contributed by atoms with van der Waals surface area (Å²) in [6.07, 6.45) is 1.36. The van der Waals surface area contributed by atoms with Gasteiger partial charge < -0.3 is 9.47 Å². The molecule has 24 heavy (non-hydrogen) atoms. The molecule has 0 aliphatic rings. The van der Waals surface area contributed by atoms with Gasteiger partial charge in [0.15, 0.2) is 10.8 Å². The van der Waals surface area contributed by atoms with Crippen molar-refractivity contribution in [2.75, 3.05) is 7.11 Å². The first-order chi connectivity index (χ1) is 11.5. The van der Waals surface area contributed by atoms with Gasteiger partial charge >= 0.3 is 12.6 Å². The molecule has 0 radical (unpaired) electrons. The number of halogens is 3. The largest absolute Gasteiger partial charge is 0.463 e. The van der Waals surface area contributed by atoms with Gasteiger partial charge in [-0.25, -0.2) is 19.4 Å². The molecule has 0 amide bonds. The fourth-order valence-corrected chi connectivity index (χ4v) is 2.22. The summed E-state index contributed by atoms with van der Waals surface area (Å²) in [5.74, 6) is -0.858. The Morgan fingerprint density at radius 1 is 1.29 bits per heavy atom. The van der Waals surface area contributed by atoms with Gasteiger partial charge in [0.2, 0.25) is 5.82 Å². The first-order valence-corrected chi connectivity index (χ1v) is 6.92. The van der Waals surface area contributed by atoms with Crippen LogP contribution in [-0.4, -0.2) is 39.4 Å². The third-order valence-electron chi connectivity index (χ3n) is 3.05. The highest BCUT2D eigenvalue weighted by atomic mass is 35.5. The van der Waals surface area contributed by atoms with E-state index < -0.39 is 12.6 Å². The summed E-state index contributed by atoms with van der Waals surface area (Å²) >= 11 is 6.04. The maximum absolute atomic E-state index is 12.2. The summed E-state index contributed by atoms with van der Waals surface area (Å²) in [7, 11) is 1.21. The van der Waals surface area contributed by atoms with Crippen LogP contribution in [0.1, 0.15) is 10.6 Å². The number of ether oxygens (including phenoxy) is 2. The predicted octanol–water partition coefficient (Wildman–Crippen LogP) is 2.86. The second kappa shape index (κ2) is 6.36. The van der Waals surface area contributed by atoms with Gasteiger partial charge in [0.1, 0.15) is 5.75 Å². The summed E-state index contributed by atoms with van der Waals surface area (Å²) in [5, 5.41) is 4.68. The number of alkyl halides is 2. The second-order valence-corrected chi connectivity index (χ2v) is 4.86. The lowest BCUT2D eigenvalue weighted by Crippen LogP contribution is -2.08. The molecule has 2 aromatic heterocycles. The molecule has 1 aromatic carbocycles. The minimum Gasteiger partial charge on any atom is -0.463 e. The average molecular weight is 355 g/mol. The lowest BCUT2D eigenvalue weighted by atomic mass is 10.3. The summed E-state index contributed by atoms with van der Waals surface area (Å²) in [4.78, 5) is 19.5. The van der Waals surface area contributed by atoms with E-state index >= 15 is 0 Å². The smallest absolute Gasteiger partial charge is 0.387 e. The number of carbonyl (C=O) groups excluding carboxylic acids is 1. The van der Waals surface area contributed by atoms with Crippen molar-refractivity contribution in [3.8, 4) is 11.4 Å². The number of carbonyl (C=O) groups is 1. The van der Waals surface area contributed by atoms with Gasteiger partial charge in [0.05, 0.1) is 18.2 Å². The lowest BCUT2D eigenvalue weighted by molar-refractivity contribution is -0.0498. The monoisotopic (exact) mass is 354 g/mol. The highest BCUT2D eigenvalue weighted by Crippen LogP contribution is 2.25. The van der Waals surface area contributed by atoms with Gasteiger partial charge in [-0.3, -0.25) is 0 Å². The molecule has 124 valence electrons. The SMILES string of the molecule is COC(=O)c1ncc2c(Cl)nn(-c3ccc(OC(F)F)cc3)c2n1. The highest BCUT2D eigenvalue weighted by molar-refractivity contribution is 6.34. The Morgan fingerprint density at radius 2 is 2.00 bits per heavy atom. The van der Waals surface area contributed by atoms with E-state index in [-0.39, 0.29) is 22.4 Å². The van der Waals surface area contributed by atoms with E-state index in [1.165, 1.54) is 42.3 Å². The predicted molar refractivity (Wildman–Crippen MR) is 79.6 cm³/mol. The number of benzene rings is 1. The molecule has 10 heteroatoms. The molecule has 0 unspecified atom stereocenters. The van der Waals surface area contributed by atoms with Crippen molar-refractivity contribution in [2.45, 2.75) is 6.61 Å². The standard InChI is InChI=1S/C14H9ClF2N4O3/c1-23-13(22)11-18-6-9-10(15)20-21(12(9)19-11)7-2-4-8(5-3-7)24-14(16)17/h2-6,14H,1H3. The zero-order chi connectivity index (χ0) is 17.3. The van der Waals surface area contributed by atoms with Gasteiger partial charge in [0, 0.05) is 6.20 Å². The Balaban J connectivity index is 2.06. The van der Waals surface area contributed by atoms with Crippen LogP contribution in [0.2, 0.25) is 5.15 Å². The molecule has 0 saturated heterocycles. The molecular weight excluding hydrogens is 346 g/mol. The molecule has 0 aliphatic carbocycles. The van der Waals surface area contributed by atoms with E-state index in [1.54, 1.807) is 0 Å². The van der Waals surface area contributed by atoms with E-state index in [9.17, 15) is 13.6 Å². The number of rotatable bonds is 4. The Hall–Kier alpha value is -2.81. The minimum absolute atomic E-state index is 0.00110. The molecule has 0 N–H and O–H groups in total. The van der Waals surface area contributed by atoms with Crippen LogP contribution < -0.4 is 4.74 Å². The van der Waals surface area contributed by atoms with E-state index in [4.69, 9.17) is 11.6 Å². The van der Waals surface area contributed by atoms with Crippen LogP contribution in [0, 0.1) is 0 Å². The quantitative estimate of drug-likeness (QED) is 0.670. The maximum atomic E-state index is 12.2. The number of fused-ring (bicyclic) bond motifs is 1. The van der Waals surface area contributed by atoms with Crippen LogP contribution >= 0.6 is 11.6 Å². The summed E-state index contributed by atoms with van der Waals surface area (Å²) < 4.78 is 34.6. The first-order valence-electron chi connectivity index (χ1n) is 6.54. The van der Waals surface area contributed by atoms with Crippen molar-refractivity contribution < 1.29 is 23.0 Å². The molecule has 3 aromatic rings. The van der Waals surface area contributed by atoms with Crippen molar-refractivity contribution in [1.82, 2.24) is 19.7 Å². The van der Waals surface area contributed by atoms with Crippen LogP contribution in [0.5, 0.6) is 5.75 Å². The molecule has 3 rings (SSSR count). The number of esters is 1. The molecule has 0 aliphatic heterocycles. The van der Waals surface area contributed by atoms with E-state index in [0.717, 1.165) is 0 Å². The van der Waals surface area contributed by atoms with Gasteiger partial charge in [-0.2, -0.15) is 13.9 Å². The van der Waals surface area contributed by atoms with Crippen molar-refractivity contribution in [3.05, 3.63) is 41.4 Å². The van der Waals surface area contributed by atoms with Crippen molar-refractivity contribution in [3.63, 3.8) is 0 Å².